The molecule has 0 heterocycles. The van der Waals surface area contributed by atoms with E-state index in [-0.39, 0.29) is 29.7 Å². The van der Waals surface area contributed by atoms with Crippen molar-refractivity contribution in [2.24, 2.45) is 0 Å². The van der Waals surface area contributed by atoms with Crippen LogP contribution in [-0.2, 0) is 4.79 Å². The molecule has 1 aliphatic rings. The number of nitrogens with one attached hydrogen (secondary N) is 1. The van der Waals surface area contributed by atoms with Gasteiger partial charge in [0.1, 0.15) is 0 Å². The smallest absolute Gasteiger partial charge is 0.262 e. The highest BCUT2D eigenvalue weighted by atomic mass is 79.9. The molecule has 0 atom stereocenters. The molecule has 172 valence electrons. The van der Waals surface area contributed by atoms with E-state index in [1.807, 2.05) is 25.1 Å². The fraction of sp³-hybridized carbons (Fsp3) is 0.115. The van der Waals surface area contributed by atoms with E-state index in [2.05, 4.69) is 37.2 Å². The first kappa shape index (κ1) is 23.9. The van der Waals surface area contributed by atoms with Crippen LogP contribution in [-0.4, -0.2) is 30.7 Å². The topological polar surface area (TPSA) is 81.7 Å². The maximum Gasteiger partial charge on any atom is 0.262 e. The van der Waals surface area contributed by atoms with Crippen molar-refractivity contribution in [3.05, 3.63) is 91.9 Å². The van der Waals surface area contributed by atoms with E-state index in [0.29, 0.717) is 49.4 Å². The fourth-order valence-electron chi connectivity index (χ4n) is 3.52. The molecule has 0 radical (unpaired) electrons. The average molecular weight is 585 g/mol. The largest absolute Gasteiger partial charge is 0.490 e. The van der Waals surface area contributed by atoms with Crippen molar-refractivity contribution in [3.8, 4) is 11.5 Å². The van der Waals surface area contributed by atoms with E-state index in [9.17, 15) is 14.4 Å². The molecule has 8 heteroatoms. The van der Waals surface area contributed by atoms with Crippen molar-refractivity contribution in [2.75, 3.05) is 18.5 Å². The molecule has 0 bridgehead atoms. The minimum Gasteiger partial charge on any atom is -0.490 e. The lowest BCUT2D eigenvalue weighted by atomic mass is 10.1. The monoisotopic (exact) mass is 583 g/mol. The fourth-order valence-corrected chi connectivity index (χ4v) is 4.47. The number of ether oxygens (including phenoxy) is 2. The summed E-state index contributed by atoms with van der Waals surface area (Å²) in [4.78, 5) is 37.9. The Morgan fingerprint density at radius 2 is 1.53 bits per heavy atom. The summed E-state index contributed by atoms with van der Waals surface area (Å²) in [5, 5.41) is 2.76. The maximum atomic E-state index is 12.8. The van der Waals surface area contributed by atoms with Gasteiger partial charge in [-0.15, -0.1) is 0 Å². The lowest BCUT2D eigenvalue weighted by molar-refractivity contribution is -0.118. The maximum absolute atomic E-state index is 12.8. The quantitative estimate of drug-likeness (QED) is 0.268. The van der Waals surface area contributed by atoms with Gasteiger partial charge in [-0.2, -0.15) is 0 Å². The van der Waals surface area contributed by atoms with Crippen LogP contribution in [0.5, 0.6) is 11.5 Å². The second-order valence-electron chi connectivity index (χ2n) is 7.32. The number of halogens is 2. The van der Waals surface area contributed by atoms with Crippen LogP contribution in [0.4, 0.5) is 5.69 Å². The average Bonchev–Trinajstić information content (AvgIpc) is 3.08. The van der Waals surface area contributed by atoms with Crippen LogP contribution in [0.3, 0.4) is 0 Å². The van der Waals surface area contributed by atoms with Gasteiger partial charge in [0.05, 0.1) is 16.7 Å². The van der Waals surface area contributed by atoms with Crippen LogP contribution in [0, 0.1) is 0 Å². The van der Waals surface area contributed by atoms with Crippen LogP contribution in [0.2, 0.25) is 0 Å². The van der Waals surface area contributed by atoms with Gasteiger partial charge in [0.2, 0.25) is 0 Å². The normalized spacial score (nSPS) is 12.4. The third-order valence-corrected chi connectivity index (χ3v) is 7.21. The molecule has 6 nitrogen and oxygen atoms in total. The molecule has 0 fully saturated rings. The number of carbonyl (C=O) groups is 3. The van der Waals surface area contributed by atoms with Gasteiger partial charge < -0.3 is 14.8 Å². The van der Waals surface area contributed by atoms with Crippen molar-refractivity contribution in [1.82, 2.24) is 0 Å². The molecule has 0 spiro atoms. The molecule has 0 aromatic heterocycles. The van der Waals surface area contributed by atoms with Gasteiger partial charge in [0.25, 0.3) is 5.91 Å². The Hall–Kier alpha value is -3.23. The molecule has 1 N–H and O–H groups in total. The summed E-state index contributed by atoms with van der Waals surface area (Å²) in [5.41, 5.74) is 2.08. The second-order valence-corrected chi connectivity index (χ2v) is 8.90. The van der Waals surface area contributed by atoms with Crippen LogP contribution >= 0.6 is 31.9 Å². The molecule has 1 amide bonds. The number of carbonyl (C=O) groups excluding carboxylic acids is 3. The first-order valence-electron chi connectivity index (χ1n) is 10.4. The van der Waals surface area contributed by atoms with E-state index < -0.39 is 0 Å². The number of Topliss-reactive ketones (excluding diaryl/α,β-unsaturated/α-hetero) is 2. The van der Waals surface area contributed by atoms with Crippen molar-refractivity contribution >= 4 is 61.1 Å². The number of anilines is 1. The number of rotatable bonds is 7. The lowest BCUT2D eigenvalue weighted by Crippen LogP contribution is -2.20. The van der Waals surface area contributed by atoms with Crippen molar-refractivity contribution in [2.45, 2.75) is 6.92 Å². The molecule has 4 rings (SSSR count). The Balaban J connectivity index is 1.62. The van der Waals surface area contributed by atoms with Crippen LogP contribution in [0.25, 0.3) is 6.08 Å². The van der Waals surface area contributed by atoms with Gasteiger partial charge in [-0.05, 0) is 68.6 Å². The molecule has 0 unspecified atom stereocenters. The number of fused-ring (bicyclic) bond motifs is 1. The van der Waals surface area contributed by atoms with Gasteiger partial charge in [-0.1, -0.05) is 42.5 Å². The minimum absolute atomic E-state index is 0.0761. The van der Waals surface area contributed by atoms with Crippen molar-refractivity contribution in [3.63, 3.8) is 0 Å². The van der Waals surface area contributed by atoms with Gasteiger partial charge in [0.15, 0.2) is 29.7 Å². The summed E-state index contributed by atoms with van der Waals surface area (Å²) in [6.45, 7) is 1.92. The predicted molar refractivity (Wildman–Crippen MR) is 137 cm³/mol. The summed E-state index contributed by atoms with van der Waals surface area (Å²) >= 11 is 7.00. The third kappa shape index (κ3) is 4.83. The minimum atomic E-state index is -0.331. The summed E-state index contributed by atoms with van der Waals surface area (Å²) in [6, 6.07) is 17.5. The number of hydrogen-bond donors (Lipinski definition) is 1. The number of hydrogen-bond acceptors (Lipinski definition) is 5. The molecule has 0 saturated heterocycles. The summed E-state index contributed by atoms with van der Waals surface area (Å²) < 4.78 is 12.6. The highest BCUT2D eigenvalue weighted by Gasteiger charge is 2.33. The van der Waals surface area contributed by atoms with E-state index in [0.717, 1.165) is 0 Å². The molecular formula is C26H19Br2NO5. The first-order valence-corrected chi connectivity index (χ1v) is 12.0. The van der Waals surface area contributed by atoms with Crippen LogP contribution in [0.1, 0.15) is 33.2 Å². The lowest BCUT2D eigenvalue weighted by Gasteiger charge is -2.16. The second kappa shape index (κ2) is 10.4. The Morgan fingerprint density at radius 1 is 0.912 bits per heavy atom. The van der Waals surface area contributed by atoms with Crippen LogP contribution in [0.15, 0.2) is 75.2 Å². The molecular weight excluding hydrogens is 566 g/mol. The number of amides is 1. The van der Waals surface area contributed by atoms with E-state index >= 15 is 0 Å². The number of ketones is 2. The standard InChI is InChI=1S/C26H19Br2NO5/c1-2-33-20-13-15(12-19-24(31)17-10-6-7-11-18(17)25(19)32)22(27)23(28)26(20)34-14-21(30)29-16-8-4-3-5-9-16/h3-13H,2,14H2,1H3,(H,29,30). The van der Waals surface area contributed by atoms with E-state index in [4.69, 9.17) is 9.47 Å². The molecule has 34 heavy (non-hydrogen) atoms. The molecule has 1 aliphatic carbocycles. The van der Waals surface area contributed by atoms with Crippen LogP contribution < -0.4 is 14.8 Å². The zero-order valence-corrected chi connectivity index (χ0v) is 21.2. The van der Waals surface area contributed by atoms with Gasteiger partial charge >= 0.3 is 0 Å². The Morgan fingerprint density at radius 3 is 2.15 bits per heavy atom. The Labute approximate surface area is 213 Å². The summed E-state index contributed by atoms with van der Waals surface area (Å²) in [6.07, 6.45) is 1.54. The van der Waals surface area contributed by atoms with Gasteiger partial charge in [0, 0.05) is 21.3 Å². The molecule has 0 saturated carbocycles. The SMILES string of the molecule is CCOc1cc(C=C2C(=O)c3ccccc3C2=O)c(Br)c(Br)c1OCC(=O)Nc1ccccc1. The Kier molecular flexibility index (Phi) is 7.29. The van der Waals surface area contributed by atoms with Gasteiger partial charge in [-0.25, -0.2) is 0 Å². The third-order valence-electron chi connectivity index (χ3n) is 5.07. The molecule has 0 aliphatic heterocycles. The zero-order chi connectivity index (χ0) is 24.2. The van der Waals surface area contributed by atoms with E-state index in [1.165, 1.54) is 6.08 Å². The summed E-state index contributed by atoms with van der Waals surface area (Å²) in [5.74, 6) is -0.277. The molecule has 3 aromatic carbocycles. The van der Waals surface area contributed by atoms with E-state index in [1.54, 1.807) is 42.5 Å². The van der Waals surface area contributed by atoms with Gasteiger partial charge in [-0.3, -0.25) is 14.4 Å². The van der Waals surface area contributed by atoms with Crippen molar-refractivity contribution in [1.29, 1.82) is 0 Å². The molecule has 3 aromatic rings. The highest BCUT2D eigenvalue weighted by molar-refractivity contribution is 9.13. The number of benzene rings is 3. The van der Waals surface area contributed by atoms with Crippen molar-refractivity contribution < 1.29 is 23.9 Å². The summed E-state index contributed by atoms with van der Waals surface area (Å²) in [7, 11) is 0. The first-order chi connectivity index (χ1) is 16.4. The predicted octanol–water partition coefficient (Wildman–Crippen LogP) is 6.09. The zero-order valence-electron chi connectivity index (χ0n) is 18.1. The Bertz CT molecular complexity index is 1280. The number of allylic oxidation sites excluding steroid dienone is 1. The highest BCUT2D eigenvalue weighted by Crippen LogP contribution is 2.44. The number of para-hydroxylation sites is 1.